The van der Waals surface area contributed by atoms with Crippen molar-refractivity contribution in [2.75, 3.05) is 0 Å². The molecule has 1 heteroatoms. The van der Waals surface area contributed by atoms with E-state index in [4.69, 9.17) is 0 Å². The molecule has 0 fully saturated rings. The summed E-state index contributed by atoms with van der Waals surface area (Å²) in [5, 5.41) is 4.75. The van der Waals surface area contributed by atoms with Gasteiger partial charge in [0.05, 0.1) is 0 Å². The normalized spacial score (nSPS) is 10.7. The van der Waals surface area contributed by atoms with Crippen LogP contribution >= 0.6 is 0 Å². The molecule has 56 valence electrons. The summed E-state index contributed by atoms with van der Waals surface area (Å²) in [5.41, 5.74) is 0. The molecule has 0 aromatic rings. The predicted octanol–water partition coefficient (Wildman–Crippen LogP) is 3.05. The summed E-state index contributed by atoms with van der Waals surface area (Å²) in [6, 6.07) is 0. The molecule has 0 spiro atoms. The molecule has 0 aromatic heterocycles. The minimum absolute atomic E-state index is 0.635. The van der Waals surface area contributed by atoms with E-state index >= 15 is 0 Å². The molecule has 0 radical (unpaired) electrons. The van der Waals surface area contributed by atoms with Crippen LogP contribution in [0.2, 0.25) is 15.8 Å². The first-order chi connectivity index (χ1) is 4.35. The van der Waals surface area contributed by atoms with E-state index in [-0.39, 0.29) is 0 Å². The molecule has 0 rings (SSSR count). The second kappa shape index (κ2) is 6.66. The fourth-order valence-corrected chi connectivity index (χ4v) is 6.18. The molecule has 0 saturated carbocycles. The Kier molecular flexibility index (Phi) is 7.06. The van der Waals surface area contributed by atoms with Crippen molar-refractivity contribution in [2.24, 2.45) is 0 Å². The summed E-state index contributed by atoms with van der Waals surface area (Å²) in [6.45, 7) is 7.05. The average molecular weight is 189 g/mol. The predicted molar refractivity (Wildman–Crippen MR) is 47.8 cm³/mol. The molecule has 0 amide bonds. The Balaban J connectivity index is 3.09. The molecule has 0 aliphatic carbocycles. The molecular formula is C8H20Ge. The zero-order valence-electron chi connectivity index (χ0n) is 7.11. The number of hydrogen-bond acceptors (Lipinski definition) is 0. The quantitative estimate of drug-likeness (QED) is 0.582. The second-order valence-corrected chi connectivity index (χ2v) is 11.1. The molecule has 0 atom stereocenters. The molecule has 0 aliphatic rings. The van der Waals surface area contributed by atoms with Gasteiger partial charge >= 0.3 is 63.7 Å². The molecule has 9 heavy (non-hydrogen) atoms. The standard InChI is InChI=1S/C8H20Ge/c1-4-7-8-9(5-2)6-3/h9H,4-8H2,1-3H3. The Morgan fingerprint density at radius 2 is 1.56 bits per heavy atom. The average Bonchev–Trinajstić information content (AvgIpc) is 1.91. The number of hydrogen-bond donors (Lipinski definition) is 0. The van der Waals surface area contributed by atoms with Crippen LogP contribution in [0.1, 0.15) is 33.6 Å². The topological polar surface area (TPSA) is 0 Å². The fourth-order valence-electron chi connectivity index (χ4n) is 1.19. The van der Waals surface area contributed by atoms with Crippen LogP contribution < -0.4 is 0 Å². The first-order valence-electron chi connectivity index (χ1n) is 4.35. The maximum atomic E-state index is 2.38. The summed E-state index contributed by atoms with van der Waals surface area (Å²) in [6.07, 6.45) is 2.91. The van der Waals surface area contributed by atoms with Gasteiger partial charge < -0.3 is 0 Å². The molecule has 0 unspecified atom stereocenters. The van der Waals surface area contributed by atoms with Gasteiger partial charge in [0.2, 0.25) is 0 Å². The van der Waals surface area contributed by atoms with Crippen LogP contribution in [0.3, 0.4) is 0 Å². The Hall–Kier alpha value is 0.543. The molecule has 0 aliphatic heterocycles. The summed E-state index contributed by atoms with van der Waals surface area (Å²) in [4.78, 5) is 0. The van der Waals surface area contributed by atoms with E-state index in [1.165, 1.54) is 12.8 Å². The van der Waals surface area contributed by atoms with Gasteiger partial charge in [-0.15, -0.1) is 0 Å². The molecule has 0 N–H and O–H groups in total. The van der Waals surface area contributed by atoms with Crippen LogP contribution in [-0.4, -0.2) is 14.3 Å². The van der Waals surface area contributed by atoms with Gasteiger partial charge in [0.15, 0.2) is 0 Å². The van der Waals surface area contributed by atoms with Gasteiger partial charge in [-0.3, -0.25) is 0 Å². The third-order valence-corrected chi connectivity index (χ3v) is 9.54. The van der Waals surface area contributed by atoms with Gasteiger partial charge in [-0.25, -0.2) is 0 Å². The Morgan fingerprint density at radius 3 is 1.89 bits per heavy atom. The van der Waals surface area contributed by atoms with Crippen molar-refractivity contribution in [3.8, 4) is 0 Å². The van der Waals surface area contributed by atoms with E-state index in [0.717, 1.165) is 0 Å². The summed E-state index contributed by atoms with van der Waals surface area (Å²) in [5.74, 6) is 0. The first-order valence-corrected chi connectivity index (χ1v) is 9.49. The summed E-state index contributed by atoms with van der Waals surface area (Å²) >= 11 is -0.635. The van der Waals surface area contributed by atoms with Crippen LogP contribution in [0.5, 0.6) is 0 Å². The van der Waals surface area contributed by atoms with Gasteiger partial charge in [-0.05, 0) is 0 Å². The van der Waals surface area contributed by atoms with Gasteiger partial charge in [-0.1, -0.05) is 0 Å². The van der Waals surface area contributed by atoms with Gasteiger partial charge in [-0.2, -0.15) is 0 Å². The minimum atomic E-state index is -0.635. The van der Waals surface area contributed by atoms with Crippen molar-refractivity contribution in [3.05, 3.63) is 0 Å². The molecule has 0 aromatic carbocycles. The van der Waals surface area contributed by atoms with Crippen molar-refractivity contribution in [3.63, 3.8) is 0 Å². The van der Waals surface area contributed by atoms with Crippen molar-refractivity contribution < 1.29 is 0 Å². The maximum absolute atomic E-state index is 2.38. The fraction of sp³-hybridized carbons (Fsp3) is 1.00. The van der Waals surface area contributed by atoms with Crippen LogP contribution in [0.4, 0.5) is 0 Å². The van der Waals surface area contributed by atoms with Crippen LogP contribution in [0.25, 0.3) is 0 Å². The molecular weight excluding hydrogens is 169 g/mol. The zero-order chi connectivity index (χ0) is 7.11. The number of unbranched alkanes of at least 4 members (excludes halogenated alkanes) is 1. The van der Waals surface area contributed by atoms with E-state index in [2.05, 4.69) is 20.8 Å². The van der Waals surface area contributed by atoms with Crippen molar-refractivity contribution in [2.45, 2.75) is 49.4 Å². The zero-order valence-corrected chi connectivity index (χ0v) is 9.54. The Morgan fingerprint density at radius 1 is 1.00 bits per heavy atom. The van der Waals surface area contributed by atoms with E-state index < -0.39 is 14.3 Å². The Bertz CT molecular complexity index is 48.5. The molecule has 0 nitrogen and oxygen atoms in total. The van der Waals surface area contributed by atoms with Crippen LogP contribution in [0.15, 0.2) is 0 Å². The van der Waals surface area contributed by atoms with E-state index in [9.17, 15) is 0 Å². The molecule has 0 bridgehead atoms. The monoisotopic (exact) mass is 190 g/mol. The van der Waals surface area contributed by atoms with Crippen molar-refractivity contribution in [1.82, 2.24) is 0 Å². The van der Waals surface area contributed by atoms with Crippen molar-refractivity contribution in [1.29, 1.82) is 0 Å². The van der Waals surface area contributed by atoms with Crippen molar-refractivity contribution >= 4 is 14.3 Å². The van der Waals surface area contributed by atoms with Crippen LogP contribution in [0, 0.1) is 0 Å². The van der Waals surface area contributed by atoms with E-state index in [1.54, 1.807) is 15.8 Å². The molecule has 0 heterocycles. The van der Waals surface area contributed by atoms with Crippen LogP contribution in [-0.2, 0) is 0 Å². The van der Waals surface area contributed by atoms with Gasteiger partial charge in [0, 0.05) is 0 Å². The van der Waals surface area contributed by atoms with Gasteiger partial charge in [0.1, 0.15) is 0 Å². The number of rotatable bonds is 5. The van der Waals surface area contributed by atoms with Gasteiger partial charge in [0.25, 0.3) is 0 Å². The summed E-state index contributed by atoms with van der Waals surface area (Å²) in [7, 11) is 0. The second-order valence-electron chi connectivity index (χ2n) is 2.82. The SMILES string of the molecule is CCC[CH2][GeH]([CH2]C)[CH2]C. The summed E-state index contributed by atoms with van der Waals surface area (Å²) < 4.78 is 0. The van der Waals surface area contributed by atoms with E-state index in [1.807, 2.05) is 0 Å². The third-order valence-electron chi connectivity index (χ3n) is 2.12. The first kappa shape index (κ1) is 9.54. The Labute approximate surface area is 64.1 Å². The third kappa shape index (κ3) is 5.01. The molecule has 0 saturated heterocycles. The van der Waals surface area contributed by atoms with E-state index in [0.29, 0.717) is 0 Å².